The maximum atomic E-state index is 13.0. The average molecular weight is 337 g/mol. The molecule has 1 saturated heterocycles. The smallest absolute Gasteiger partial charge is 0.264 e. The van der Waals surface area contributed by atoms with Gasteiger partial charge in [0.05, 0.1) is 12.6 Å². The lowest BCUT2D eigenvalue weighted by molar-refractivity contribution is -0.138. The van der Waals surface area contributed by atoms with Crippen molar-refractivity contribution in [2.24, 2.45) is 0 Å². The number of carbonyl (C=O) groups is 1. The Morgan fingerprint density at radius 1 is 1.20 bits per heavy atom. The summed E-state index contributed by atoms with van der Waals surface area (Å²) in [5, 5.41) is 0. The summed E-state index contributed by atoms with van der Waals surface area (Å²) in [6.07, 6.45) is 2.31. The first-order valence-corrected chi connectivity index (χ1v) is 9.04. The van der Waals surface area contributed by atoms with Crippen molar-refractivity contribution in [2.45, 2.75) is 38.3 Å². The molecule has 1 fully saturated rings. The molecular formula is C21H23NO3. The molecule has 2 aromatic rings. The highest BCUT2D eigenvalue weighted by Gasteiger charge is 2.37. The Bertz CT molecular complexity index is 731. The molecule has 4 heteroatoms. The first kappa shape index (κ1) is 16.0. The summed E-state index contributed by atoms with van der Waals surface area (Å²) in [5.41, 5.74) is 2.29. The van der Waals surface area contributed by atoms with E-state index in [9.17, 15) is 4.79 Å². The fourth-order valence-corrected chi connectivity index (χ4v) is 3.83. The number of hydrogen-bond donors (Lipinski definition) is 0. The van der Waals surface area contributed by atoms with Gasteiger partial charge in [-0.25, -0.2) is 0 Å². The highest BCUT2D eigenvalue weighted by molar-refractivity contribution is 5.83. The van der Waals surface area contributed by atoms with Gasteiger partial charge in [-0.3, -0.25) is 4.79 Å². The number of rotatable bonds is 4. The quantitative estimate of drug-likeness (QED) is 0.853. The zero-order chi connectivity index (χ0) is 17.2. The molecule has 2 aliphatic heterocycles. The number of fused-ring (bicyclic) bond motifs is 1. The molecule has 2 heterocycles. The Morgan fingerprint density at radius 3 is 2.76 bits per heavy atom. The summed E-state index contributed by atoms with van der Waals surface area (Å²) >= 11 is 0. The summed E-state index contributed by atoms with van der Waals surface area (Å²) in [6.45, 7) is 3.44. The lowest BCUT2D eigenvalue weighted by Gasteiger charge is -2.27. The molecule has 4 rings (SSSR count). The predicted molar refractivity (Wildman–Crippen MR) is 95.9 cm³/mol. The Labute approximate surface area is 148 Å². The van der Waals surface area contributed by atoms with Crippen molar-refractivity contribution in [3.8, 4) is 11.5 Å². The van der Waals surface area contributed by atoms with Gasteiger partial charge in [0.25, 0.3) is 5.91 Å². The molecule has 130 valence electrons. The van der Waals surface area contributed by atoms with Gasteiger partial charge in [0, 0.05) is 13.0 Å². The minimum absolute atomic E-state index is 0.104. The van der Waals surface area contributed by atoms with E-state index in [2.05, 4.69) is 12.1 Å². The lowest BCUT2D eigenvalue weighted by Crippen LogP contribution is -2.40. The summed E-state index contributed by atoms with van der Waals surface area (Å²) in [5.74, 6) is 1.82. The van der Waals surface area contributed by atoms with Gasteiger partial charge in [0.1, 0.15) is 11.5 Å². The highest BCUT2D eigenvalue weighted by Crippen LogP contribution is 2.36. The Hall–Kier alpha value is -2.49. The number of para-hydroxylation sites is 1. The molecule has 0 spiro atoms. The number of benzene rings is 2. The topological polar surface area (TPSA) is 38.8 Å². The predicted octanol–water partition coefficient (Wildman–Crippen LogP) is 3.75. The van der Waals surface area contributed by atoms with Crippen LogP contribution in [0.5, 0.6) is 11.5 Å². The highest BCUT2D eigenvalue weighted by atomic mass is 16.5. The van der Waals surface area contributed by atoms with Gasteiger partial charge in [-0.1, -0.05) is 30.3 Å². The van der Waals surface area contributed by atoms with Crippen LogP contribution in [0.15, 0.2) is 48.5 Å². The third-order valence-electron chi connectivity index (χ3n) is 5.03. The van der Waals surface area contributed by atoms with Crippen LogP contribution in [0, 0.1) is 0 Å². The van der Waals surface area contributed by atoms with E-state index >= 15 is 0 Å². The van der Waals surface area contributed by atoms with Gasteiger partial charge in [0.15, 0.2) is 6.10 Å². The molecule has 25 heavy (non-hydrogen) atoms. The first-order chi connectivity index (χ1) is 12.3. The van der Waals surface area contributed by atoms with Crippen LogP contribution in [0.25, 0.3) is 0 Å². The van der Waals surface area contributed by atoms with Crippen molar-refractivity contribution in [1.29, 1.82) is 0 Å². The fourth-order valence-electron chi connectivity index (χ4n) is 3.83. The zero-order valence-electron chi connectivity index (χ0n) is 14.5. The van der Waals surface area contributed by atoms with E-state index in [0.29, 0.717) is 13.0 Å². The molecule has 4 nitrogen and oxygen atoms in total. The molecule has 1 amide bonds. The van der Waals surface area contributed by atoms with Crippen molar-refractivity contribution in [1.82, 2.24) is 4.90 Å². The number of nitrogens with zero attached hydrogens (tertiary/aromatic N) is 1. The van der Waals surface area contributed by atoms with Crippen LogP contribution < -0.4 is 9.47 Å². The normalized spacial score (nSPS) is 21.7. The van der Waals surface area contributed by atoms with Crippen molar-refractivity contribution in [3.63, 3.8) is 0 Å². The maximum absolute atomic E-state index is 13.0. The molecule has 2 atom stereocenters. The van der Waals surface area contributed by atoms with Crippen LogP contribution in [0.3, 0.4) is 0 Å². The average Bonchev–Trinajstić information content (AvgIpc) is 3.29. The third kappa shape index (κ3) is 3.09. The number of likely N-dealkylation sites (tertiary alicyclic amines) is 1. The zero-order valence-corrected chi connectivity index (χ0v) is 14.5. The Kier molecular flexibility index (Phi) is 4.35. The standard InChI is InChI=1S/C21H23NO3/c1-2-24-17-11-9-15(10-12-17)18-7-5-13-22(18)21(23)20-14-16-6-3-4-8-19(16)25-20/h3-4,6,8-12,18,20H,2,5,7,13-14H2,1H3. The number of hydrogen-bond acceptors (Lipinski definition) is 3. The van der Waals surface area contributed by atoms with Crippen molar-refractivity contribution >= 4 is 5.91 Å². The van der Waals surface area contributed by atoms with Gasteiger partial charge in [-0.2, -0.15) is 0 Å². The Balaban J connectivity index is 1.49. The molecule has 2 aromatic carbocycles. The van der Waals surface area contributed by atoms with E-state index in [1.54, 1.807) is 0 Å². The summed E-state index contributed by atoms with van der Waals surface area (Å²) in [7, 11) is 0. The second-order valence-corrected chi connectivity index (χ2v) is 6.61. The van der Waals surface area contributed by atoms with Gasteiger partial charge >= 0.3 is 0 Å². The van der Waals surface area contributed by atoms with Crippen LogP contribution >= 0.6 is 0 Å². The molecule has 0 N–H and O–H groups in total. The molecule has 0 radical (unpaired) electrons. The van der Waals surface area contributed by atoms with E-state index in [4.69, 9.17) is 9.47 Å². The SMILES string of the molecule is CCOc1ccc(C2CCCN2C(=O)C2Cc3ccccc3O2)cc1. The van der Waals surface area contributed by atoms with Gasteiger partial charge in [-0.15, -0.1) is 0 Å². The van der Waals surface area contributed by atoms with Gasteiger partial charge < -0.3 is 14.4 Å². The summed E-state index contributed by atoms with van der Waals surface area (Å²) < 4.78 is 11.4. The van der Waals surface area contributed by atoms with Crippen LogP contribution in [0.2, 0.25) is 0 Å². The Morgan fingerprint density at radius 2 is 2.00 bits per heavy atom. The molecule has 0 bridgehead atoms. The molecular weight excluding hydrogens is 314 g/mol. The van der Waals surface area contributed by atoms with Crippen LogP contribution in [0.1, 0.15) is 36.9 Å². The second kappa shape index (κ2) is 6.79. The molecule has 2 unspecified atom stereocenters. The van der Waals surface area contributed by atoms with Crippen LogP contribution in [-0.2, 0) is 11.2 Å². The van der Waals surface area contributed by atoms with Crippen molar-refractivity contribution < 1.29 is 14.3 Å². The summed E-state index contributed by atoms with van der Waals surface area (Å²) in [6, 6.07) is 16.2. The number of ether oxygens (including phenoxy) is 2. The first-order valence-electron chi connectivity index (χ1n) is 9.04. The summed E-state index contributed by atoms with van der Waals surface area (Å²) in [4.78, 5) is 15.0. The van der Waals surface area contributed by atoms with E-state index in [1.165, 1.54) is 5.56 Å². The van der Waals surface area contributed by atoms with Crippen LogP contribution in [-0.4, -0.2) is 30.1 Å². The minimum atomic E-state index is -0.388. The van der Waals surface area contributed by atoms with Crippen molar-refractivity contribution in [3.05, 3.63) is 59.7 Å². The molecule has 0 saturated carbocycles. The lowest BCUT2D eigenvalue weighted by atomic mass is 10.0. The molecule has 0 aliphatic carbocycles. The number of carbonyl (C=O) groups excluding carboxylic acids is 1. The van der Waals surface area contributed by atoms with E-state index < -0.39 is 0 Å². The molecule has 0 aromatic heterocycles. The minimum Gasteiger partial charge on any atom is -0.494 e. The van der Waals surface area contributed by atoms with E-state index in [1.807, 2.05) is 48.2 Å². The number of amides is 1. The fraction of sp³-hybridized carbons (Fsp3) is 0.381. The van der Waals surface area contributed by atoms with Gasteiger partial charge in [0.2, 0.25) is 0 Å². The van der Waals surface area contributed by atoms with Gasteiger partial charge in [-0.05, 0) is 49.1 Å². The third-order valence-corrected chi connectivity index (χ3v) is 5.03. The van der Waals surface area contributed by atoms with Crippen molar-refractivity contribution in [2.75, 3.05) is 13.2 Å². The monoisotopic (exact) mass is 337 g/mol. The second-order valence-electron chi connectivity index (χ2n) is 6.61. The molecule has 2 aliphatic rings. The van der Waals surface area contributed by atoms with E-state index in [-0.39, 0.29) is 18.1 Å². The maximum Gasteiger partial charge on any atom is 0.264 e. The van der Waals surface area contributed by atoms with Crippen LogP contribution in [0.4, 0.5) is 0 Å². The largest absolute Gasteiger partial charge is 0.494 e. The van der Waals surface area contributed by atoms with E-state index in [0.717, 1.165) is 36.4 Å².